The molecule has 1 atom stereocenters. The first-order valence-electron chi connectivity index (χ1n) is 6.69. The molecule has 0 bridgehead atoms. The second kappa shape index (κ2) is 7.60. The summed E-state index contributed by atoms with van der Waals surface area (Å²) >= 11 is 1.24. The standard InChI is InChI=1S/C14H17N5O2S/c1-10(22-14-18-16-9-19(14)2)12(20)17-13(21)15-8-11-6-4-3-5-7-11/h3-7,9-10H,8H2,1-2H3,(H2,15,17,20,21)/t10-/m1/s1. The maximum Gasteiger partial charge on any atom is 0.321 e. The summed E-state index contributed by atoms with van der Waals surface area (Å²) in [6.07, 6.45) is 1.56. The Kier molecular flexibility index (Phi) is 5.54. The Morgan fingerprint density at radius 2 is 2.05 bits per heavy atom. The highest BCUT2D eigenvalue weighted by Crippen LogP contribution is 2.19. The van der Waals surface area contributed by atoms with Crippen LogP contribution in [0.25, 0.3) is 0 Å². The minimum absolute atomic E-state index is 0.366. The molecule has 3 amide bonds. The smallest absolute Gasteiger partial charge is 0.321 e. The lowest BCUT2D eigenvalue weighted by molar-refractivity contribution is -0.119. The number of amides is 3. The highest BCUT2D eigenvalue weighted by atomic mass is 32.2. The SMILES string of the molecule is C[C@@H](Sc1nncn1C)C(=O)NC(=O)NCc1ccccc1. The van der Waals surface area contributed by atoms with E-state index in [-0.39, 0.29) is 5.91 Å². The van der Waals surface area contributed by atoms with Crippen LogP contribution in [0, 0.1) is 0 Å². The van der Waals surface area contributed by atoms with Crippen molar-refractivity contribution >= 4 is 23.7 Å². The minimum atomic E-state index is -0.515. The van der Waals surface area contributed by atoms with Crippen LogP contribution in [0.2, 0.25) is 0 Å². The van der Waals surface area contributed by atoms with E-state index in [9.17, 15) is 9.59 Å². The molecule has 2 N–H and O–H groups in total. The number of benzene rings is 1. The lowest BCUT2D eigenvalue weighted by Crippen LogP contribution is -2.42. The monoisotopic (exact) mass is 319 g/mol. The highest BCUT2D eigenvalue weighted by molar-refractivity contribution is 8.00. The van der Waals surface area contributed by atoms with Gasteiger partial charge in [0, 0.05) is 13.6 Å². The molecular weight excluding hydrogens is 302 g/mol. The number of imide groups is 1. The van der Waals surface area contributed by atoms with Crippen LogP contribution in [0.5, 0.6) is 0 Å². The van der Waals surface area contributed by atoms with Gasteiger partial charge in [0.05, 0.1) is 5.25 Å². The molecule has 116 valence electrons. The Bertz CT molecular complexity index is 644. The number of rotatable bonds is 5. The minimum Gasteiger partial charge on any atom is -0.334 e. The quantitative estimate of drug-likeness (QED) is 0.812. The Morgan fingerprint density at radius 3 is 2.68 bits per heavy atom. The molecule has 0 unspecified atom stereocenters. The van der Waals surface area contributed by atoms with Crippen LogP contribution in [0.1, 0.15) is 12.5 Å². The molecule has 7 nitrogen and oxygen atoms in total. The number of carbonyl (C=O) groups is 2. The van der Waals surface area contributed by atoms with Gasteiger partial charge in [-0.2, -0.15) is 0 Å². The molecule has 1 aromatic heterocycles. The zero-order valence-electron chi connectivity index (χ0n) is 12.3. The van der Waals surface area contributed by atoms with Gasteiger partial charge in [0.25, 0.3) is 0 Å². The Labute approximate surface area is 132 Å². The Hall–Kier alpha value is -2.35. The summed E-state index contributed by atoms with van der Waals surface area (Å²) in [7, 11) is 1.79. The fourth-order valence-corrected chi connectivity index (χ4v) is 2.42. The van der Waals surface area contributed by atoms with Crippen molar-refractivity contribution in [3.05, 3.63) is 42.2 Å². The van der Waals surface area contributed by atoms with Gasteiger partial charge in [-0.15, -0.1) is 10.2 Å². The van der Waals surface area contributed by atoms with Gasteiger partial charge in [0.1, 0.15) is 6.33 Å². The number of thioether (sulfide) groups is 1. The van der Waals surface area contributed by atoms with Gasteiger partial charge in [-0.3, -0.25) is 10.1 Å². The summed E-state index contributed by atoms with van der Waals surface area (Å²) < 4.78 is 1.71. The molecule has 1 heterocycles. The molecule has 0 aliphatic carbocycles. The molecule has 0 saturated heterocycles. The lowest BCUT2D eigenvalue weighted by Gasteiger charge is -2.11. The molecule has 0 saturated carbocycles. The van der Waals surface area contributed by atoms with Crippen molar-refractivity contribution in [2.45, 2.75) is 23.9 Å². The number of hydrogen-bond donors (Lipinski definition) is 2. The van der Waals surface area contributed by atoms with Crippen molar-refractivity contribution in [3.63, 3.8) is 0 Å². The summed E-state index contributed by atoms with van der Waals surface area (Å²) in [5.74, 6) is -0.376. The van der Waals surface area contributed by atoms with Gasteiger partial charge in [0.15, 0.2) is 5.16 Å². The lowest BCUT2D eigenvalue weighted by atomic mass is 10.2. The van der Waals surface area contributed by atoms with Crippen molar-refractivity contribution in [1.82, 2.24) is 25.4 Å². The summed E-state index contributed by atoms with van der Waals surface area (Å²) in [4.78, 5) is 23.7. The second-order valence-corrected chi connectivity index (χ2v) is 5.95. The van der Waals surface area contributed by atoms with Crippen LogP contribution in [0.4, 0.5) is 4.79 Å². The van der Waals surface area contributed by atoms with Gasteiger partial charge in [0.2, 0.25) is 5.91 Å². The number of hydrogen-bond acceptors (Lipinski definition) is 5. The third kappa shape index (κ3) is 4.59. The second-order valence-electron chi connectivity index (χ2n) is 4.64. The molecule has 1 aromatic carbocycles. The zero-order chi connectivity index (χ0) is 15.9. The Morgan fingerprint density at radius 1 is 1.32 bits per heavy atom. The number of nitrogens with zero attached hydrogens (tertiary/aromatic N) is 3. The molecule has 0 spiro atoms. The molecule has 0 radical (unpaired) electrons. The van der Waals surface area contributed by atoms with E-state index in [0.717, 1.165) is 5.56 Å². The number of nitrogens with one attached hydrogen (secondary N) is 2. The fraction of sp³-hybridized carbons (Fsp3) is 0.286. The van der Waals surface area contributed by atoms with E-state index < -0.39 is 11.3 Å². The molecule has 2 rings (SSSR count). The summed E-state index contributed by atoms with van der Waals surface area (Å²) in [6.45, 7) is 2.07. The van der Waals surface area contributed by atoms with E-state index in [1.807, 2.05) is 30.3 Å². The van der Waals surface area contributed by atoms with E-state index in [4.69, 9.17) is 0 Å². The van der Waals surface area contributed by atoms with Crippen LogP contribution < -0.4 is 10.6 Å². The average molecular weight is 319 g/mol. The van der Waals surface area contributed by atoms with Crippen molar-refractivity contribution in [2.24, 2.45) is 7.05 Å². The van der Waals surface area contributed by atoms with Gasteiger partial charge >= 0.3 is 6.03 Å². The maximum atomic E-state index is 12.0. The van der Waals surface area contributed by atoms with E-state index in [1.165, 1.54) is 11.8 Å². The molecule has 8 heteroatoms. The molecule has 2 aromatic rings. The highest BCUT2D eigenvalue weighted by Gasteiger charge is 2.19. The van der Waals surface area contributed by atoms with Crippen molar-refractivity contribution in [1.29, 1.82) is 0 Å². The molecular formula is C14H17N5O2S. The Balaban J connectivity index is 1.78. The van der Waals surface area contributed by atoms with Crippen LogP contribution in [-0.2, 0) is 18.4 Å². The van der Waals surface area contributed by atoms with Crippen LogP contribution in [0.3, 0.4) is 0 Å². The predicted molar refractivity (Wildman–Crippen MR) is 83.1 cm³/mol. The van der Waals surface area contributed by atoms with E-state index in [0.29, 0.717) is 11.7 Å². The van der Waals surface area contributed by atoms with Crippen LogP contribution >= 0.6 is 11.8 Å². The summed E-state index contributed by atoms with van der Waals surface area (Å²) in [5.41, 5.74) is 0.964. The van der Waals surface area contributed by atoms with E-state index >= 15 is 0 Å². The molecule has 22 heavy (non-hydrogen) atoms. The van der Waals surface area contributed by atoms with Crippen molar-refractivity contribution in [3.8, 4) is 0 Å². The molecule has 0 fully saturated rings. The van der Waals surface area contributed by atoms with Crippen LogP contribution in [0.15, 0.2) is 41.8 Å². The van der Waals surface area contributed by atoms with Crippen molar-refractivity contribution in [2.75, 3.05) is 0 Å². The molecule has 0 aliphatic rings. The maximum absolute atomic E-state index is 12.0. The first kappa shape index (κ1) is 16.0. The third-order valence-corrected chi connectivity index (χ3v) is 4.00. The number of aryl methyl sites for hydroxylation is 1. The number of carbonyl (C=O) groups excluding carboxylic acids is 2. The van der Waals surface area contributed by atoms with E-state index in [2.05, 4.69) is 20.8 Å². The number of urea groups is 1. The topological polar surface area (TPSA) is 88.9 Å². The first-order valence-corrected chi connectivity index (χ1v) is 7.57. The fourth-order valence-electron chi connectivity index (χ4n) is 1.63. The summed E-state index contributed by atoms with van der Waals surface area (Å²) in [6, 6.07) is 8.96. The first-order chi connectivity index (χ1) is 10.6. The van der Waals surface area contributed by atoms with Crippen molar-refractivity contribution < 1.29 is 9.59 Å². The molecule has 0 aliphatic heterocycles. The normalized spacial score (nSPS) is 11.7. The summed E-state index contributed by atoms with van der Waals surface area (Å²) in [5, 5.41) is 12.7. The van der Waals surface area contributed by atoms with E-state index in [1.54, 1.807) is 24.9 Å². The third-order valence-electron chi connectivity index (χ3n) is 2.85. The predicted octanol–water partition coefficient (Wildman–Crippen LogP) is 1.32. The van der Waals surface area contributed by atoms with Gasteiger partial charge in [-0.25, -0.2) is 4.79 Å². The largest absolute Gasteiger partial charge is 0.334 e. The van der Waals surface area contributed by atoms with Gasteiger partial charge in [-0.1, -0.05) is 42.1 Å². The number of aromatic nitrogens is 3. The van der Waals surface area contributed by atoms with Gasteiger partial charge < -0.3 is 9.88 Å². The zero-order valence-corrected chi connectivity index (χ0v) is 13.1. The van der Waals surface area contributed by atoms with Gasteiger partial charge in [-0.05, 0) is 12.5 Å². The van der Waals surface area contributed by atoms with Crippen LogP contribution in [-0.4, -0.2) is 32.0 Å². The average Bonchev–Trinajstić information content (AvgIpc) is 2.91.